The molecule has 108 valence electrons. The Morgan fingerprint density at radius 3 is 2.75 bits per heavy atom. The predicted octanol–water partition coefficient (Wildman–Crippen LogP) is 3.14. The topological polar surface area (TPSA) is 46.6 Å². The number of carbonyl (C=O) groups excluding carboxylic acids is 2. The van der Waals surface area contributed by atoms with E-state index in [0.29, 0.717) is 18.3 Å². The van der Waals surface area contributed by atoms with Crippen molar-refractivity contribution in [2.24, 2.45) is 0 Å². The minimum atomic E-state index is -0.321. The van der Waals surface area contributed by atoms with Crippen LogP contribution in [0.15, 0.2) is 30.3 Å². The molecule has 1 fully saturated rings. The van der Waals surface area contributed by atoms with Gasteiger partial charge in [0.2, 0.25) is 0 Å². The molecule has 1 aromatic rings. The van der Waals surface area contributed by atoms with Crippen molar-refractivity contribution in [2.75, 3.05) is 11.9 Å². The molecule has 1 amide bonds. The van der Waals surface area contributed by atoms with Gasteiger partial charge in [-0.25, -0.2) is 4.79 Å². The summed E-state index contributed by atoms with van der Waals surface area (Å²) in [5.41, 5.74) is 0.966. The van der Waals surface area contributed by atoms with E-state index in [2.05, 4.69) is 15.9 Å². The Kier molecular flexibility index (Phi) is 5.59. The summed E-state index contributed by atoms with van der Waals surface area (Å²) < 4.78 is 5.32. The van der Waals surface area contributed by atoms with Crippen LogP contribution in [-0.4, -0.2) is 34.7 Å². The highest BCUT2D eigenvalue weighted by molar-refractivity contribution is 9.09. The van der Waals surface area contributed by atoms with Crippen molar-refractivity contribution < 1.29 is 14.3 Å². The van der Waals surface area contributed by atoms with Crippen LogP contribution in [0.3, 0.4) is 0 Å². The number of halogens is 1. The molecule has 5 heteroatoms. The molecule has 1 aliphatic rings. The van der Waals surface area contributed by atoms with Crippen molar-refractivity contribution in [2.45, 2.75) is 31.9 Å². The molecular formula is C15H18BrNO3. The minimum Gasteiger partial charge on any atom is -0.445 e. The average Bonchev–Trinajstić information content (AvgIpc) is 2.94. The number of Topliss-reactive ketones (excluding diaryl/α,β-unsaturated/α-hetero) is 1. The van der Waals surface area contributed by atoms with Gasteiger partial charge < -0.3 is 9.64 Å². The summed E-state index contributed by atoms with van der Waals surface area (Å²) in [6.45, 7) is 0.948. The van der Waals surface area contributed by atoms with Crippen molar-refractivity contribution >= 4 is 27.8 Å². The fourth-order valence-electron chi connectivity index (χ4n) is 2.41. The van der Waals surface area contributed by atoms with Crippen molar-refractivity contribution in [1.82, 2.24) is 4.90 Å². The van der Waals surface area contributed by atoms with E-state index in [9.17, 15) is 9.59 Å². The van der Waals surface area contributed by atoms with Crippen LogP contribution in [0.4, 0.5) is 4.79 Å². The monoisotopic (exact) mass is 339 g/mol. The normalized spacial score (nSPS) is 18.1. The van der Waals surface area contributed by atoms with Crippen LogP contribution >= 0.6 is 15.9 Å². The summed E-state index contributed by atoms with van der Waals surface area (Å²) in [5, 5.41) is 0.344. The third-order valence-electron chi connectivity index (χ3n) is 3.43. The molecule has 0 bridgehead atoms. The van der Waals surface area contributed by atoms with Gasteiger partial charge in [0.1, 0.15) is 12.4 Å². The molecule has 1 aromatic carbocycles. The molecule has 2 rings (SSSR count). The van der Waals surface area contributed by atoms with Crippen molar-refractivity contribution in [1.29, 1.82) is 0 Å². The summed E-state index contributed by atoms with van der Waals surface area (Å²) in [6, 6.07) is 9.58. The number of ketones is 1. The highest BCUT2D eigenvalue weighted by Crippen LogP contribution is 2.22. The molecule has 20 heavy (non-hydrogen) atoms. The van der Waals surface area contributed by atoms with E-state index < -0.39 is 0 Å². The molecule has 0 radical (unpaired) electrons. The summed E-state index contributed by atoms with van der Waals surface area (Å²) in [5.74, 6) is 0.123. The Morgan fingerprint density at radius 1 is 1.30 bits per heavy atom. The van der Waals surface area contributed by atoms with Crippen LogP contribution in [0.1, 0.15) is 24.8 Å². The lowest BCUT2D eigenvalue weighted by molar-refractivity contribution is -0.117. The quantitative estimate of drug-likeness (QED) is 0.774. The molecular weight excluding hydrogens is 322 g/mol. The van der Waals surface area contributed by atoms with Gasteiger partial charge in [-0.15, -0.1) is 0 Å². The first kappa shape index (κ1) is 15.0. The number of carbonyl (C=O) groups is 2. The van der Waals surface area contributed by atoms with Crippen LogP contribution < -0.4 is 0 Å². The molecule has 0 aromatic heterocycles. The van der Waals surface area contributed by atoms with Gasteiger partial charge in [0.15, 0.2) is 0 Å². The number of ether oxygens (including phenoxy) is 1. The molecule has 1 saturated heterocycles. The number of rotatable bonds is 5. The van der Waals surface area contributed by atoms with Gasteiger partial charge in [-0.1, -0.05) is 46.3 Å². The lowest BCUT2D eigenvalue weighted by Gasteiger charge is -2.23. The van der Waals surface area contributed by atoms with Crippen molar-refractivity contribution in [3.8, 4) is 0 Å². The van der Waals surface area contributed by atoms with Crippen LogP contribution in [0, 0.1) is 0 Å². The van der Waals surface area contributed by atoms with E-state index in [0.717, 1.165) is 18.4 Å². The van der Waals surface area contributed by atoms with Crippen LogP contribution in [0.2, 0.25) is 0 Å². The first-order valence-electron chi connectivity index (χ1n) is 6.75. The number of alkyl halides is 1. The standard InChI is InChI=1S/C15H18BrNO3/c16-10-14(18)9-13-7-4-8-17(13)15(19)20-11-12-5-2-1-3-6-12/h1-3,5-6,13H,4,7-11H2/t13-/m0/s1. The lowest BCUT2D eigenvalue weighted by Crippen LogP contribution is -2.37. The fraction of sp³-hybridized carbons (Fsp3) is 0.467. The molecule has 1 aliphatic heterocycles. The first-order chi connectivity index (χ1) is 9.70. The van der Waals surface area contributed by atoms with E-state index in [1.54, 1.807) is 4.90 Å². The van der Waals surface area contributed by atoms with E-state index in [-0.39, 0.29) is 24.5 Å². The third kappa shape index (κ3) is 4.07. The van der Waals surface area contributed by atoms with E-state index in [1.807, 2.05) is 30.3 Å². The summed E-state index contributed by atoms with van der Waals surface area (Å²) in [7, 11) is 0. The zero-order valence-electron chi connectivity index (χ0n) is 11.3. The molecule has 0 unspecified atom stereocenters. The van der Waals surface area contributed by atoms with Crippen LogP contribution in [0.25, 0.3) is 0 Å². The van der Waals surface area contributed by atoms with Crippen molar-refractivity contribution in [3.63, 3.8) is 0 Å². The SMILES string of the molecule is O=C(CBr)C[C@@H]1CCCN1C(=O)OCc1ccccc1. The predicted molar refractivity (Wildman–Crippen MR) is 79.8 cm³/mol. The third-order valence-corrected chi connectivity index (χ3v) is 4.05. The molecule has 0 aliphatic carbocycles. The zero-order valence-corrected chi connectivity index (χ0v) is 12.8. The number of benzene rings is 1. The lowest BCUT2D eigenvalue weighted by atomic mass is 10.1. The van der Waals surface area contributed by atoms with Crippen molar-refractivity contribution in [3.05, 3.63) is 35.9 Å². The second-order valence-electron chi connectivity index (χ2n) is 4.91. The Morgan fingerprint density at radius 2 is 2.05 bits per heavy atom. The van der Waals surface area contributed by atoms with Gasteiger partial charge in [-0.05, 0) is 18.4 Å². The second kappa shape index (κ2) is 7.43. The molecule has 0 N–H and O–H groups in total. The summed E-state index contributed by atoms with van der Waals surface area (Å²) >= 11 is 3.16. The van der Waals surface area contributed by atoms with Crippen LogP contribution in [-0.2, 0) is 16.1 Å². The van der Waals surface area contributed by atoms with Gasteiger partial charge in [0.25, 0.3) is 0 Å². The van der Waals surface area contributed by atoms with E-state index in [4.69, 9.17) is 4.74 Å². The Hall–Kier alpha value is -1.36. The number of amides is 1. The van der Waals surface area contributed by atoms with Gasteiger partial charge in [0, 0.05) is 19.0 Å². The molecule has 0 saturated carbocycles. The maximum Gasteiger partial charge on any atom is 0.410 e. The Bertz CT molecular complexity index is 463. The highest BCUT2D eigenvalue weighted by Gasteiger charge is 2.31. The Balaban J connectivity index is 1.86. The van der Waals surface area contributed by atoms with Gasteiger partial charge in [-0.2, -0.15) is 0 Å². The fourth-order valence-corrected chi connectivity index (χ4v) is 2.64. The number of nitrogens with zero attached hydrogens (tertiary/aromatic N) is 1. The van der Waals surface area contributed by atoms with Gasteiger partial charge >= 0.3 is 6.09 Å². The maximum atomic E-state index is 12.1. The number of hydrogen-bond donors (Lipinski definition) is 0. The second-order valence-corrected chi connectivity index (χ2v) is 5.47. The molecule has 1 atom stereocenters. The number of hydrogen-bond acceptors (Lipinski definition) is 3. The van der Waals surface area contributed by atoms with Gasteiger partial charge in [-0.3, -0.25) is 4.79 Å². The van der Waals surface area contributed by atoms with E-state index in [1.165, 1.54) is 0 Å². The highest BCUT2D eigenvalue weighted by atomic mass is 79.9. The molecule has 0 spiro atoms. The smallest absolute Gasteiger partial charge is 0.410 e. The summed E-state index contributed by atoms with van der Waals surface area (Å²) in [6.07, 6.45) is 1.89. The van der Waals surface area contributed by atoms with Crippen LogP contribution in [0.5, 0.6) is 0 Å². The minimum absolute atomic E-state index is 0.0108. The molecule has 1 heterocycles. The number of likely N-dealkylation sites (tertiary alicyclic amines) is 1. The maximum absolute atomic E-state index is 12.1. The largest absolute Gasteiger partial charge is 0.445 e. The molecule has 4 nitrogen and oxygen atoms in total. The zero-order chi connectivity index (χ0) is 14.4. The first-order valence-corrected chi connectivity index (χ1v) is 7.88. The average molecular weight is 340 g/mol. The summed E-state index contributed by atoms with van der Waals surface area (Å²) in [4.78, 5) is 25.3. The Labute approximate surface area is 127 Å². The van der Waals surface area contributed by atoms with Gasteiger partial charge in [0.05, 0.1) is 5.33 Å². The van der Waals surface area contributed by atoms with E-state index >= 15 is 0 Å².